The Labute approximate surface area is 149 Å². The number of likely N-dealkylation sites (tertiary alicyclic amines) is 1. The van der Waals surface area contributed by atoms with Crippen LogP contribution in [0.15, 0.2) is 24.3 Å². The highest BCUT2D eigenvalue weighted by molar-refractivity contribution is 5.88. The van der Waals surface area contributed by atoms with Gasteiger partial charge < -0.3 is 20.1 Å². The third-order valence-corrected chi connectivity index (χ3v) is 4.59. The fourth-order valence-electron chi connectivity index (χ4n) is 3.01. The molecule has 6 heteroatoms. The maximum Gasteiger partial charge on any atom is 0.410 e. The molecule has 1 aliphatic rings. The highest BCUT2D eigenvalue weighted by Crippen LogP contribution is 2.30. The molecule has 0 unspecified atom stereocenters. The van der Waals surface area contributed by atoms with Gasteiger partial charge >= 0.3 is 12.1 Å². The van der Waals surface area contributed by atoms with Gasteiger partial charge in [0.05, 0.1) is 5.56 Å². The molecule has 1 aromatic rings. The number of anilines is 1. The smallest absolute Gasteiger partial charge is 0.410 e. The molecule has 0 aromatic heterocycles. The largest absolute Gasteiger partial charge is 0.478 e. The van der Waals surface area contributed by atoms with Crippen molar-refractivity contribution in [2.75, 3.05) is 18.4 Å². The van der Waals surface area contributed by atoms with E-state index in [0.29, 0.717) is 13.1 Å². The Hall–Kier alpha value is -2.24. The van der Waals surface area contributed by atoms with Gasteiger partial charge in [0.15, 0.2) is 0 Å². The highest BCUT2D eigenvalue weighted by Gasteiger charge is 2.35. The van der Waals surface area contributed by atoms with Crippen LogP contribution >= 0.6 is 0 Å². The van der Waals surface area contributed by atoms with Crippen LogP contribution in [0, 0.1) is 0 Å². The zero-order chi connectivity index (χ0) is 18.7. The summed E-state index contributed by atoms with van der Waals surface area (Å²) >= 11 is 0. The molecule has 0 atom stereocenters. The summed E-state index contributed by atoms with van der Waals surface area (Å²) in [4.78, 5) is 24.9. The fourth-order valence-corrected chi connectivity index (χ4v) is 3.01. The molecule has 0 aliphatic carbocycles. The van der Waals surface area contributed by atoms with E-state index in [4.69, 9.17) is 9.84 Å². The first-order valence-corrected chi connectivity index (χ1v) is 8.74. The number of nitrogens with one attached hydrogen (secondary N) is 1. The zero-order valence-corrected chi connectivity index (χ0v) is 15.5. The number of rotatable bonds is 4. The molecular weight excluding hydrogens is 320 g/mol. The molecule has 1 aliphatic heterocycles. The summed E-state index contributed by atoms with van der Waals surface area (Å²) in [6.07, 6.45) is 2.31. The Kier molecular flexibility index (Phi) is 5.60. The number of carboxylic acid groups (broad SMARTS) is 1. The van der Waals surface area contributed by atoms with Crippen molar-refractivity contribution >= 4 is 17.7 Å². The van der Waals surface area contributed by atoms with Gasteiger partial charge in [-0.25, -0.2) is 9.59 Å². The van der Waals surface area contributed by atoms with Gasteiger partial charge in [-0.05, 0) is 64.3 Å². The highest BCUT2D eigenvalue weighted by atomic mass is 16.6. The Morgan fingerprint density at radius 2 is 1.76 bits per heavy atom. The van der Waals surface area contributed by atoms with E-state index >= 15 is 0 Å². The van der Waals surface area contributed by atoms with E-state index in [1.54, 1.807) is 29.2 Å². The van der Waals surface area contributed by atoms with Gasteiger partial charge in [-0.1, -0.05) is 6.92 Å². The topological polar surface area (TPSA) is 78.9 Å². The Balaban J connectivity index is 1.98. The summed E-state index contributed by atoms with van der Waals surface area (Å²) in [6, 6.07) is 6.79. The lowest BCUT2D eigenvalue weighted by Gasteiger charge is -2.42. The number of carbonyl (C=O) groups is 2. The lowest BCUT2D eigenvalue weighted by atomic mass is 9.84. The molecular formula is C19H28N2O4. The van der Waals surface area contributed by atoms with Gasteiger partial charge in [0.25, 0.3) is 0 Å². The lowest BCUT2D eigenvalue weighted by molar-refractivity contribution is 0.0176. The zero-order valence-electron chi connectivity index (χ0n) is 15.5. The van der Waals surface area contributed by atoms with E-state index < -0.39 is 11.6 Å². The van der Waals surface area contributed by atoms with Crippen molar-refractivity contribution in [1.82, 2.24) is 4.90 Å². The minimum atomic E-state index is -0.928. The van der Waals surface area contributed by atoms with Crippen LogP contribution < -0.4 is 5.32 Å². The summed E-state index contributed by atoms with van der Waals surface area (Å²) in [5, 5.41) is 12.5. The fraction of sp³-hybridized carbons (Fsp3) is 0.579. The molecule has 2 rings (SSSR count). The number of hydrogen-bond donors (Lipinski definition) is 2. The van der Waals surface area contributed by atoms with E-state index in [0.717, 1.165) is 24.9 Å². The van der Waals surface area contributed by atoms with Crippen LogP contribution in [0.2, 0.25) is 0 Å². The molecule has 0 bridgehead atoms. The van der Waals surface area contributed by atoms with Crippen LogP contribution in [-0.4, -0.2) is 46.3 Å². The van der Waals surface area contributed by atoms with E-state index in [1.807, 2.05) is 20.8 Å². The van der Waals surface area contributed by atoms with Gasteiger partial charge in [0.2, 0.25) is 0 Å². The number of benzene rings is 1. The second-order valence-corrected chi connectivity index (χ2v) is 7.61. The molecule has 138 valence electrons. The van der Waals surface area contributed by atoms with Crippen LogP contribution in [0.1, 0.15) is 57.3 Å². The number of ether oxygens (including phenoxy) is 1. The summed E-state index contributed by atoms with van der Waals surface area (Å²) in [5.74, 6) is -0.928. The second kappa shape index (κ2) is 7.33. The van der Waals surface area contributed by atoms with Crippen molar-refractivity contribution in [3.05, 3.63) is 29.8 Å². The molecule has 0 radical (unpaired) electrons. The Morgan fingerprint density at radius 1 is 1.20 bits per heavy atom. The Bertz CT molecular complexity index is 611. The van der Waals surface area contributed by atoms with Gasteiger partial charge in [-0.3, -0.25) is 0 Å². The molecule has 1 fully saturated rings. The molecule has 1 aromatic carbocycles. The molecule has 2 N–H and O–H groups in total. The first-order valence-electron chi connectivity index (χ1n) is 8.74. The lowest BCUT2D eigenvalue weighted by Crippen LogP contribution is -2.51. The normalized spacial score (nSPS) is 17.0. The first kappa shape index (κ1) is 19.1. The standard InChI is InChI=1S/C19H28N2O4/c1-5-19(20-15-8-6-14(7-9-15)16(22)23)10-12-21(13-11-19)17(24)25-18(2,3)4/h6-9,20H,5,10-13H2,1-4H3,(H,22,23). The average molecular weight is 348 g/mol. The van der Waals surface area contributed by atoms with Crippen molar-refractivity contribution < 1.29 is 19.4 Å². The van der Waals surface area contributed by atoms with Crippen molar-refractivity contribution in [3.63, 3.8) is 0 Å². The minimum absolute atomic E-state index is 0.0940. The number of carboxylic acids is 1. The van der Waals surface area contributed by atoms with Gasteiger partial charge in [-0.2, -0.15) is 0 Å². The predicted octanol–water partition coefficient (Wildman–Crippen LogP) is 3.98. The number of nitrogens with zero attached hydrogens (tertiary/aromatic N) is 1. The van der Waals surface area contributed by atoms with Crippen LogP contribution in [0.4, 0.5) is 10.5 Å². The van der Waals surface area contributed by atoms with Crippen LogP contribution in [0.3, 0.4) is 0 Å². The average Bonchev–Trinajstić information content (AvgIpc) is 2.54. The predicted molar refractivity (Wildman–Crippen MR) is 97.1 cm³/mol. The maximum absolute atomic E-state index is 12.2. The molecule has 0 spiro atoms. The third kappa shape index (κ3) is 5.11. The maximum atomic E-state index is 12.2. The van der Waals surface area contributed by atoms with Gasteiger partial charge in [0.1, 0.15) is 5.60 Å². The van der Waals surface area contributed by atoms with Crippen molar-refractivity contribution in [2.45, 2.75) is 58.1 Å². The first-order chi connectivity index (χ1) is 11.6. The summed E-state index contributed by atoms with van der Waals surface area (Å²) in [5.41, 5.74) is 0.595. The van der Waals surface area contributed by atoms with Gasteiger partial charge in [0, 0.05) is 24.3 Å². The minimum Gasteiger partial charge on any atom is -0.478 e. The Morgan fingerprint density at radius 3 is 2.20 bits per heavy atom. The third-order valence-electron chi connectivity index (χ3n) is 4.59. The molecule has 1 amide bonds. The number of carbonyl (C=O) groups excluding carboxylic acids is 1. The van der Waals surface area contributed by atoms with E-state index in [9.17, 15) is 9.59 Å². The van der Waals surface area contributed by atoms with Gasteiger partial charge in [-0.15, -0.1) is 0 Å². The van der Waals surface area contributed by atoms with Crippen LogP contribution in [0.5, 0.6) is 0 Å². The number of hydrogen-bond acceptors (Lipinski definition) is 4. The molecule has 6 nitrogen and oxygen atoms in total. The van der Waals surface area contributed by atoms with Crippen LogP contribution in [-0.2, 0) is 4.74 Å². The number of amides is 1. The van der Waals surface area contributed by atoms with E-state index in [1.165, 1.54) is 0 Å². The van der Waals surface area contributed by atoms with Crippen molar-refractivity contribution in [3.8, 4) is 0 Å². The summed E-state index contributed by atoms with van der Waals surface area (Å²) < 4.78 is 5.44. The monoisotopic (exact) mass is 348 g/mol. The summed E-state index contributed by atoms with van der Waals surface area (Å²) in [6.45, 7) is 9.02. The second-order valence-electron chi connectivity index (χ2n) is 7.61. The molecule has 1 saturated heterocycles. The summed E-state index contributed by atoms with van der Waals surface area (Å²) in [7, 11) is 0. The number of piperidine rings is 1. The van der Waals surface area contributed by atoms with Crippen molar-refractivity contribution in [1.29, 1.82) is 0 Å². The van der Waals surface area contributed by atoms with Crippen LogP contribution in [0.25, 0.3) is 0 Å². The molecule has 1 heterocycles. The van der Waals surface area contributed by atoms with E-state index in [-0.39, 0.29) is 17.2 Å². The molecule has 0 saturated carbocycles. The molecule has 25 heavy (non-hydrogen) atoms. The number of aromatic carboxylic acids is 1. The SMILES string of the molecule is CCC1(Nc2ccc(C(=O)O)cc2)CCN(C(=O)OC(C)(C)C)CC1. The quantitative estimate of drug-likeness (QED) is 0.860. The van der Waals surface area contributed by atoms with Crippen molar-refractivity contribution in [2.24, 2.45) is 0 Å². The van der Waals surface area contributed by atoms with E-state index in [2.05, 4.69) is 12.2 Å².